The Hall–Kier alpha value is -3.65. The Bertz CT molecular complexity index is 1370. The van der Waals surface area contributed by atoms with Crippen molar-refractivity contribution in [3.8, 4) is 0 Å². The lowest BCUT2D eigenvalue weighted by molar-refractivity contribution is -0.121. The van der Waals surface area contributed by atoms with Crippen LogP contribution >= 0.6 is 0 Å². The van der Waals surface area contributed by atoms with Gasteiger partial charge in [-0.3, -0.25) is 14.5 Å². The van der Waals surface area contributed by atoms with E-state index in [1.165, 1.54) is 16.8 Å². The number of benzene rings is 3. The highest BCUT2D eigenvalue weighted by molar-refractivity contribution is 7.90. The number of anilines is 1. The number of carbonyl (C=O) groups excluding carboxylic acids is 1. The summed E-state index contributed by atoms with van der Waals surface area (Å²) in [5, 5.41) is 2.95. The Balaban J connectivity index is 1.06. The average molecular weight is 489 g/mol. The zero-order valence-electron chi connectivity index (χ0n) is 19.4. The third kappa shape index (κ3) is 5.22. The van der Waals surface area contributed by atoms with Gasteiger partial charge in [-0.05, 0) is 47.7 Å². The number of sulfonamides is 1. The summed E-state index contributed by atoms with van der Waals surface area (Å²) in [6, 6.07) is 23.7. The molecule has 1 amide bonds. The molecule has 8 heteroatoms. The SMILES string of the molecule is O=C(CCCN=C1NS(=O)(=O)c2ccccc21)NCc1ccc(CN2CCc3ccccc32)cc1. The van der Waals surface area contributed by atoms with Crippen LogP contribution in [0.1, 0.15) is 35.1 Å². The lowest BCUT2D eigenvalue weighted by Gasteiger charge is -2.19. The summed E-state index contributed by atoms with van der Waals surface area (Å²) in [6.07, 6.45) is 1.96. The first-order valence-corrected chi connectivity index (χ1v) is 13.3. The average Bonchev–Trinajstić information content (AvgIpc) is 3.39. The molecule has 0 aliphatic carbocycles. The second kappa shape index (κ2) is 9.92. The van der Waals surface area contributed by atoms with Gasteiger partial charge in [-0.25, -0.2) is 8.42 Å². The molecule has 180 valence electrons. The summed E-state index contributed by atoms with van der Waals surface area (Å²) in [6.45, 7) is 2.77. The van der Waals surface area contributed by atoms with Gasteiger partial charge in [0.15, 0.2) is 0 Å². The van der Waals surface area contributed by atoms with Gasteiger partial charge in [0.2, 0.25) is 5.91 Å². The topological polar surface area (TPSA) is 90.9 Å². The molecule has 2 heterocycles. The molecule has 3 aromatic rings. The van der Waals surface area contributed by atoms with Crippen LogP contribution in [-0.4, -0.2) is 33.3 Å². The number of amides is 1. The minimum absolute atomic E-state index is 0.0460. The van der Waals surface area contributed by atoms with Gasteiger partial charge in [0.1, 0.15) is 5.84 Å². The largest absolute Gasteiger partial charge is 0.367 e. The fraction of sp³-hybridized carbons (Fsp3) is 0.259. The number of hydrogen-bond donors (Lipinski definition) is 2. The van der Waals surface area contributed by atoms with Crippen LogP contribution in [0.5, 0.6) is 0 Å². The van der Waals surface area contributed by atoms with E-state index in [0.717, 1.165) is 25.1 Å². The van der Waals surface area contributed by atoms with Crippen LogP contribution in [0.2, 0.25) is 0 Å². The van der Waals surface area contributed by atoms with Crippen molar-refractivity contribution < 1.29 is 13.2 Å². The van der Waals surface area contributed by atoms with E-state index in [4.69, 9.17) is 0 Å². The molecular formula is C27H28N4O3S. The first-order chi connectivity index (χ1) is 17.0. The molecule has 0 aromatic heterocycles. The lowest BCUT2D eigenvalue weighted by Crippen LogP contribution is -2.24. The molecule has 0 spiro atoms. The minimum Gasteiger partial charge on any atom is -0.367 e. The monoisotopic (exact) mass is 488 g/mol. The maximum absolute atomic E-state index is 12.3. The molecule has 0 unspecified atom stereocenters. The molecule has 5 rings (SSSR count). The number of aliphatic imine (C=N–C) groups is 1. The highest BCUT2D eigenvalue weighted by atomic mass is 32.2. The van der Waals surface area contributed by atoms with Crippen LogP contribution in [0.3, 0.4) is 0 Å². The van der Waals surface area contributed by atoms with Crippen molar-refractivity contribution in [2.45, 2.75) is 37.2 Å². The van der Waals surface area contributed by atoms with Crippen molar-refractivity contribution in [1.29, 1.82) is 0 Å². The van der Waals surface area contributed by atoms with E-state index < -0.39 is 10.0 Å². The smallest absolute Gasteiger partial charge is 0.263 e. The summed E-state index contributed by atoms with van der Waals surface area (Å²) >= 11 is 0. The fourth-order valence-corrected chi connectivity index (χ4v) is 5.78. The molecule has 0 radical (unpaired) electrons. The van der Waals surface area contributed by atoms with Crippen LogP contribution in [0.4, 0.5) is 5.69 Å². The minimum atomic E-state index is -3.53. The molecule has 35 heavy (non-hydrogen) atoms. The van der Waals surface area contributed by atoms with Gasteiger partial charge in [-0.2, -0.15) is 0 Å². The van der Waals surface area contributed by atoms with Crippen LogP contribution in [0.25, 0.3) is 0 Å². The summed E-state index contributed by atoms with van der Waals surface area (Å²) in [5.41, 5.74) is 5.62. The van der Waals surface area contributed by atoms with Gasteiger partial charge in [0.25, 0.3) is 10.0 Å². The van der Waals surface area contributed by atoms with Gasteiger partial charge in [0.05, 0.1) is 4.90 Å². The number of fused-ring (bicyclic) bond motifs is 2. The first-order valence-electron chi connectivity index (χ1n) is 11.8. The molecular weight excluding hydrogens is 460 g/mol. The van der Waals surface area contributed by atoms with E-state index in [1.807, 2.05) is 0 Å². The molecule has 2 N–H and O–H groups in total. The summed E-state index contributed by atoms with van der Waals surface area (Å²) < 4.78 is 26.7. The number of nitrogens with zero attached hydrogens (tertiary/aromatic N) is 2. The highest BCUT2D eigenvalue weighted by Crippen LogP contribution is 2.28. The predicted octanol–water partition coefficient (Wildman–Crippen LogP) is 3.38. The molecule has 0 saturated heterocycles. The van der Waals surface area contributed by atoms with E-state index in [-0.39, 0.29) is 10.8 Å². The summed E-state index contributed by atoms with van der Waals surface area (Å²) in [4.78, 5) is 19.3. The zero-order valence-corrected chi connectivity index (χ0v) is 20.2. The Morgan fingerprint density at radius 3 is 2.57 bits per heavy atom. The predicted molar refractivity (Wildman–Crippen MR) is 137 cm³/mol. The van der Waals surface area contributed by atoms with Crippen LogP contribution < -0.4 is 14.9 Å². The quantitative estimate of drug-likeness (QED) is 0.476. The number of hydrogen-bond acceptors (Lipinski definition) is 5. The second-order valence-electron chi connectivity index (χ2n) is 8.83. The van der Waals surface area contributed by atoms with Gasteiger partial charge in [0, 0.05) is 43.9 Å². The molecule has 0 saturated carbocycles. The van der Waals surface area contributed by atoms with E-state index in [2.05, 4.69) is 68.5 Å². The molecule has 2 aliphatic heterocycles. The number of para-hydroxylation sites is 1. The lowest BCUT2D eigenvalue weighted by atomic mass is 10.1. The van der Waals surface area contributed by atoms with Crippen LogP contribution in [0, 0.1) is 0 Å². The van der Waals surface area contributed by atoms with Crippen molar-refractivity contribution in [2.24, 2.45) is 4.99 Å². The Kier molecular flexibility index (Phi) is 6.55. The van der Waals surface area contributed by atoms with E-state index in [0.29, 0.717) is 37.3 Å². The van der Waals surface area contributed by atoms with Crippen molar-refractivity contribution in [3.05, 3.63) is 95.1 Å². The van der Waals surface area contributed by atoms with Crippen LogP contribution in [-0.2, 0) is 34.3 Å². The van der Waals surface area contributed by atoms with E-state index >= 15 is 0 Å². The number of rotatable bonds is 8. The molecule has 0 atom stereocenters. The number of carbonyl (C=O) groups is 1. The third-order valence-corrected chi connectivity index (χ3v) is 7.76. The second-order valence-corrected chi connectivity index (χ2v) is 10.5. The molecule has 7 nitrogen and oxygen atoms in total. The van der Waals surface area contributed by atoms with Crippen molar-refractivity contribution >= 4 is 27.5 Å². The molecule has 0 fully saturated rings. The molecule has 0 bridgehead atoms. The zero-order chi connectivity index (χ0) is 24.3. The summed E-state index contributed by atoms with van der Waals surface area (Å²) in [5.74, 6) is 0.300. The van der Waals surface area contributed by atoms with Crippen molar-refractivity contribution in [3.63, 3.8) is 0 Å². The van der Waals surface area contributed by atoms with E-state index in [1.54, 1.807) is 24.3 Å². The molecule has 3 aromatic carbocycles. The third-order valence-electron chi connectivity index (χ3n) is 6.36. The van der Waals surface area contributed by atoms with Gasteiger partial charge in [-0.15, -0.1) is 0 Å². The number of amidine groups is 1. The Morgan fingerprint density at radius 1 is 0.971 bits per heavy atom. The summed E-state index contributed by atoms with van der Waals surface area (Å²) in [7, 11) is -3.53. The van der Waals surface area contributed by atoms with Gasteiger partial charge in [-0.1, -0.05) is 54.6 Å². The Labute approximate surface area is 205 Å². The maximum Gasteiger partial charge on any atom is 0.263 e. The highest BCUT2D eigenvalue weighted by Gasteiger charge is 2.29. The number of nitrogens with one attached hydrogen (secondary N) is 2. The van der Waals surface area contributed by atoms with Crippen molar-refractivity contribution in [1.82, 2.24) is 10.0 Å². The normalized spacial score (nSPS) is 16.6. The van der Waals surface area contributed by atoms with Gasteiger partial charge < -0.3 is 10.2 Å². The van der Waals surface area contributed by atoms with E-state index in [9.17, 15) is 13.2 Å². The van der Waals surface area contributed by atoms with Crippen molar-refractivity contribution in [2.75, 3.05) is 18.0 Å². The Morgan fingerprint density at radius 2 is 1.71 bits per heavy atom. The van der Waals surface area contributed by atoms with Crippen LogP contribution in [0.15, 0.2) is 82.7 Å². The fourth-order valence-electron chi connectivity index (χ4n) is 4.52. The maximum atomic E-state index is 12.3. The molecule has 2 aliphatic rings. The standard InChI is InChI=1S/C27H28N4O3S/c32-26(10-5-16-28-27-23-7-2-4-9-25(23)35(33,34)30-27)29-18-20-11-13-21(14-12-20)19-31-17-15-22-6-1-3-8-24(22)31/h1-4,6-9,11-14H,5,10,15-19H2,(H,28,30)(H,29,32). The first kappa shape index (κ1) is 23.1. The van der Waals surface area contributed by atoms with Gasteiger partial charge >= 0.3 is 0 Å².